The highest BCUT2D eigenvalue weighted by molar-refractivity contribution is 5.98. The van der Waals surface area contributed by atoms with Gasteiger partial charge < -0.3 is 14.4 Å². The van der Waals surface area contributed by atoms with E-state index in [1.54, 1.807) is 17.0 Å². The standard InChI is InChI=1S/C20H27NO5/c1-15-5-7-16(8-6-15)18(22)9-10-19(23)21(12-11-20(24)25-2)14-17-4-3-13-26-17/h5-8,17H,3-4,9-14H2,1-2H3. The van der Waals surface area contributed by atoms with Crippen LogP contribution in [0.25, 0.3) is 0 Å². The molecule has 1 aliphatic rings. The number of ether oxygens (including phenoxy) is 2. The summed E-state index contributed by atoms with van der Waals surface area (Å²) < 4.78 is 10.2. The van der Waals surface area contributed by atoms with Crippen LogP contribution >= 0.6 is 0 Å². The van der Waals surface area contributed by atoms with Gasteiger partial charge in [-0.25, -0.2) is 0 Å². The molecule has 0 bridgehead atoms. The Balaban J connectivity index is 1.89. The summed E-state index contributed by atoms with van der Waals surface area (Å²) in [5.74, 6) is -0.542. The number of rotatable bonds is 9. The van der Waals surface area contributed by atoms with Crippen molar-refractivity contribution in [1.29, 1.82) is 0 Å². The molecule has 1 aromatic rings. The van der Waals surface area contributed by atoms with Gasteiger partial charge in [-0.1, -0.05) is 29.8 Å². The van der Waals surface area contributed by atoms with E-state index in [4.69, 9.17) is 4.74 Å². The predicted octanol–water partition coefficient (Wildman–Crippen LogP) is 2.53. The van der Waals surface area contributed by atoms with Crippen LogP contribution in [-0.2, 0) is 19.1 Å². The average molecular weight is 361 g/mol. The predicted molar refractivity (Wildman–Crippen MR) is 96.9 cm³/mol. The zero-order valence-corrected chi connectivity index (χ0v) is 15.5. The minimum atomic E-state index is -0.356. The van der Waals surface area contributed by atoms with Gasteiger partial charge in [0.2, 0.25) is 5.91 Å². The number of benzene rings is 1. The Kier molecular flexibility index (Phi) is 7.78. The number of ketones is 1. The number of carbonyl (C=O) groups excluding carboxylic acids is 3. The van der Waals surface area contributed by atoms with Crippen molar-refractivity contribution in [2.45, 2.75) is 45.1 Å². The Hall–Kier alpha value is -2.21. The van der Waals surface area contributed by atoms with Crippen LogP contribution in [0.2, 0.25) is 0 Å². The summed E-state index contributed by atoms with van der Waals surface area (Å²) in [4.78, 5) is 37.9. The molecule has 0 radical (unpaired) electrons. The Morgan fingerprint density at radius 3 is 2.50 bits per heavy atom. The van der Waals surface area contributed by atoms with Gasteiger partial charge in [-0.2, -0.15) is 0 Å². The smallest absolute Gasteiger partial charge is 0.307 e. The lowest BCUT2D eigenvalue weighted by Crippen LogP contribution is -2.39. The van der Waals surface area contributed by atoms with Crippen LogP contribution in [0.4, 0.5) is 0 Å². The first kappa shape index (κ1) is 20.1. The number of aryl methyl sites for hydroxylation is 1. The maximum atomic E-state index is 12.6. The lowest BCUT2D eigenvalue weighted by Gasteiger charge is -2.25. The fraction of sp³-hybridized carbons (Fsp3) is 0.550. The first-order valence-electron chi connectivity index (χ1n) is 9.05. The molecule has 1 amide bonds. The van der Waals surface area contributed by atoms with E-state index in [1.807, 2.05) is 19.1 Å². The van der Waals surface area contributed by atoms with Crippen molar-refractivity contribution in [2.75, 3.05) is 26.8 Å². The van der Waals surface area contributed by atoms with Gasteiger partial charge in [0.05, 0.1) is 19.6 Å². The summed E-state index contributed by atoms with van der Waals surface area (Å²) in [5, 5.41) is 0. The number of hydrogen-bond donors (Lipinski definition) is 0. The van der Waals surface area contributed by atoms with Crippen molar-refractivity contribution in [3.8, 4) is 0 Å². The van der Waals surface area contributed by atoms with Gasteiger partial charge >= 0.3 is 5.97 Å². The van der Waals surface area contributed by atoms with Crippen LogP contribution in [-0.4, -0.2) is 55.5 Å². The van der Waals surface area contributed by atoms with Gasteiger partial charge in [0.15, 0.2) is 5.78 Å². The molecule has 1 saturated heterocycles. The molecule has 0 aliphatic carbocycles. The highest BCUT2D eigenvalue weighted by Gasteiger charge is 2.23. The summed E-state index contributed by atoms with van der Waals surface area (Å²) in [7, 11) is 1.33. The molecule has 1 fully saturated rings. The summed E-state index contributed by atoms with van der Waals surface area (Å²) in [6, 6.07) is 7.33. The molecule has 0 N–H and O–H groups in total. The molecule has 2 rings (SSSR count). The van der Waals surface area contributed by atoms with Crippen LogP contribution in [0, 0.1) is 6.92 Å². The molecular weight excluding hydrogens is 334 g/mol. The van der Waals surface area contributed by atoms with Gasteiger partial charge in [-0.05, 0) is 19.8 Å². The van der Waals surface area contributed by atoms with Gasteiger partial charge in [0.25, 0.3) is 0 Å². The summed E-state index contributed by atoms with van der Waals surface area (Å²) in [6.07, 6.45) is 2.31. The fourth-order valence-corrected chi connectivity index (χ4v) is 2.94. The van der Waals surface area contributed by atoms with Crippen molar-refractivity contribution >= 4 is 17.7 Å². The minimum Gasteiger partial charge on any atom is -0.469 e. The van der Waals surface area contributed by atoms with Crippen LogP contribution in [0.3, 0.4) is 0 Å². The molecule has 1 unspecified atom stereocenters. The molecule has 6 nitrogen and oxygen atoms in total. The van der Waals surface area contributed by atoms with E-state index in [-0.39, 0.29) is 49.6 Å². The Bertz CT molecular complexity index is 620. The molecule has 1 atom stereocenters. The van der Waals surface area contributed by atoms with Crippen molar-refractivity contribution in [3.63, 3.8) is 0 Å². The minimum absolute atomic E-state index is 0.00407. The molecule has 1 aromatic carbocycles. The number of nitrogens with zero attached hydrogens (tertiary/aromatic N) is 1. The van der Waals surface area contributed by atoms with E-state index >= 15 is 0 Å². The molecule has 1 heterocycles. The highest BCUT2D eigenvalue weighted by atomic mass is 16.5. The van der Waals surface area contributed by atoms with Gasteiger partial charge in [0.1, 0.15) is 0 Å². The van der Waals surface area contributed by atoms with Gasteiger partial charge in [0, 0.05) is 38.1 Å². The van der Waals surface area contributed by atoms with E-state index in [1.165, 1.54) is 7.11 Å². The molecule has 1 aliphatic heterocycles. The monoisotopic (exact) mass is 361 g/mol. The molecule has 0 aromatic heterocycles. The Labute approximate surface area is 154 Å². The third-order valence-electron chi connectivity index (χ3n) is 4.55. The number of hydrogen-bond acceptors (Lipinski definition) is 5. The topological polar surface area (TPSA) is 72.9 Å². The first-order chi connectivity index (χ1) is 12.5. The molecule has 26 heavy (non-hydrogen) atoms. The van der Waals surface area contributed by atoms with Crippen molar-refractivity contribution in [1.82, 2.24) is 4.90 Å². The van der Waals surface area contributed by atoms with E-state index in [2.05, 4.69) is 4.74 Å². The fourth-order valence-electron chi connectivity index (χ4n) is 2.94. The third-order valence-corrected chi connectivity index (χ3v) is 4.55. The molecule has 0 spiro atoms. The molecule has 6 heteroatoms. The zero-order chi connectivity index (χ0) is 18.9. The molecular formula is C20H27NO5. The van der Waals surface area contributed by atoms with E-state index in [0.29, 0.717) is 18.7 Å². The Morgan fingerprint density at radius 2 is 1.88 bits per heavy atom. The number of methoxy groups -OCH3 is 1. The summed E-state index contributed by atoms with van der Waals surface area (Å²) >= 11 is 0. The van der Waals surface area contributed by atoms with Crippen molar-refractivity contribution in [3.05, 3.63) is 35.4 Å². The second kappa shape index (κ2) is 10.1. The zero-order valence-electron chi connectivity index (χ0n) is 15.5. The molecule has 142 valence electrons. The van der Waals surface area contributed by atoms with E-state index in [9.17, 15) is 14.4 Å². The third kappa shape index (κ3) is 6.26. The van der Waals surface area contributed by atoms with Gasteiger partial charge in [-0.3, -0.25) is 14.4 Å². The summed E-state index contributed by atoms with van der Waals surface area (Å²) in [6.45, 7) is 3.40. The molecule has 0 saturated carbocycles. The second-order valence-electron chi connectivity index (χ2n) is 6.59. The largest absolute Gasteiger partial charge is 0.469 e. The van der Waals surface area contributed by atoms with Crippen LogP contribution in [0.15, 0.2) is 24.3 Å². The van der Waals surface area contributed by atoms with Crippen molar-refractivity contribution in [2.24, 2.45) is 0 Å². The van der Waals surface area contributed by atoms with E-state index in [0.717, 1.165) is 18.4 Å². The first-order valence-corrected chi connectivity index (χ1v) is 9.05. The summed E-state index contributed by atoms with van der Waals surface area (Å²) in [5.41, 5.74) is 1.70. The lowest BCUT2D eigenvalue weighted by molar-refractivity contribution is -0.142. The van der Waals surface area contributed by atoms with Crippen molar-refractivity contribution < 1.29 is 23.9 Å². The SMILES string of the molecule is COC(=O)CCN(CC1CCCO1)C(=O)CCC(=O)c1ccc(C)cc1. The van der Waals surface area contributed by atoms with Crippen LogP contribution in [0.1, 0.15) is 48.0 Å². The maximum absolute atomic E-state index is 12.6. The number of amides is 1. The van der Waals surface area contributed by atoms with Crippen LogP contribution in [0.5, 0.6) is 0 Å². The average Bonchev–Trinajstić information content (AvgIpc) is 3.16. The van der Waals surface area contributed by atoms with E-state index < -0.39 is 0 Å². The number of Topliss-reactive ketones (excluding diaryl/α,β-unsaturated/α-hetero) is 1. The maximum Gasteiger partial charge on any atom is 0.307 e. The number of esters is 1. The van der Waals surface area contributed by atoms with Gasteiger partial charge in [-0.15, -0.1) is 0 Å². The van der Waals surface area contributed by atoms with Crippen LogP contribution < -0.4 is 0 Å². The normalized spacial score (nSPS) is 16.3. The number of carbonyl (C=O) groups is 3. The lowest BCUT2D eigenvalue weighted by atomic mass is 10.0. The quantitative estimate of drug-likeness (QED) is 0.499. The highest BCUT2D eigenvalue weighted by Crippen LogP contribution is 2.15. The Morgan fingerprint density at radius 1 is 1.15 bits per heavy atom. The second-order valence-corrected chi connectivity index (χ2v) is 6.59.